The summed E-state index contributed by atoms with van der Waals surface area (Å²) in [5.41, 5.74) is 5.01. The SMILES string of the molecule is Cc1cccc(S(=O)(=O)Nc2cccc(-c3cn4cccc(C)c4n3)c2)c1. The molecule has 2 aromatic heterocycles. The van der Waals surface area contributed by atoms with Crippen molar-refractivity contribution in [2.45, 2.75) is 18.7 Å². The second-order valence-corrected chi connectivity index (χ2v) is 8.23. The number of hydrogen-bond donors (Lipinski definition) is 1. The number of fused-ring (bicyclic) bond motifs is 1. The molecule has 4 aromatic rings. The summed E-state index contributed by atoms with van der Waals surface area (Å²) >= 11 is 0. The van der Waals surface area contributed by atoms with Crippen molar-refractivity contribution in [1.82, 2.24) is 9.38 Å². The van der Waals surface area contributed by atoms with E-state index >= 15 is 0 Å². The van der Waals surface area contributed by atoms with Crippen LogP contribution in [0.4, 0.5) is 5.69 Å². The van der Waals surface area contributed by atoms with Crippen LogP contribution in [0.25, 0.3) is 16.9 Å². The fourth-order valence-corrected chi connectivity index (χ4v) is 4.19. The van der Waals surface area contributed by atoms with Gasteiger partial charge in [-0.3, -0.25) is 4.72 Å². The Morgan fingerprint density at radius 1 is 0.963 bits per heavy atom. The van der Waals surface area contributed by atoms with Crippen molar-refractivity contribution < 1.29 is 8.42 Å². The van der Waals surface area contributed by atoms with Crippen molar-refractivity contribution in [1.29, 1.82) is 0 Å². The zero-order valence-electron chi connectivity index (χ0n) is 15.0. The smallest absolute Gasteiger partial charge is 0.261 e. The Labute approximate surface area is 158 Å². The third-order valence-electron chi connectivity index (χ3n) is 4.39. The largest absolute Gasteiger partial charge is 0.306 e. The van der Waals surface area contributed by atoms with Gasteiger partial charge in [0.05, 0.1) is 10.6 Å². The van der Waals surface area contributed by atoms with Gasteiger partial charge in [0.15, 0.2) is 0 Å². The summed E-state index contributed by atoms with van der Waals surface area (Å²) in [4.78, 5) is 4.92. The molecule has 0 saturated carbocycles. The van der Waals surface area contributed by atoms with E-state index in [0.717, 1.165) is 28.0 Å². The van der Waals surface area contributed by atoms with E-state index in [0.29, 0.717) is 5.69 Å². The second-order valence-electron chi connectivity index (χ2n) is 6.55. The first kappa shape index (κ1) is 17.3. The van der Waals surface area contributed by atoms with Crippen molar-refractivity contribution in [3.8, 4) is 11.3 Å². The fraction of sp³-hybridized carbons (Fsp3) is 0.0952. The van der Waals surface area contributed by atoms with Crippen LogP contribution in [0, 0.1) is 13.8 Å². The number of benzene rings is 2. The van der Waals surface area contributed by atoms with Crippen LogP contribution < -0.4 is 4.72 Å². The lowest BCUT2D eigenvalue weighted by Gasteiger charge is -2.09. The summed E-state index contributed by atoms with van der Waals surface area (Å²) in [6.45, 7) is 3.88. The molecule has 0 spiro atoms. The van der Waals surface area contributed by atoms with Gasteiger partial charge in [0, 0.05) is 23.6 Å². The lowest BCUT2D eigenvalue weighted by molar-refractivity contribution is 0.601. The lowest BCUT2D eigenvalue weighted by atomic mass is 10.1. The topological polar surface area (TPSA) is 63.5 Å². The number of hydrogen-bond acceptors (Lipinski definition) is 3. The van der Waals surface area contributed by atoms with Crippen LogP contribution in [-0.2, 0) is 10.0 Å². The van der Waals surface area contributed by atoms with Gasteiger partial charge in [-0.05, 0) is 55.3 Å². The number of anilines is 1. The molecule has 0 aliphatic rings. The van der Waals surface area contributed by atoms with Crippen LogP contribution in [0.5, 0.6) is 0 Å². The first-order valence-electron chi connectivity index (χ1n) is 8.57. The Kier molecular flexibility index (Phi) is 4.20. The van der Waals surface area contributed by atoms with Crippen LogP contribution in [-0.4, -0.2) is 17.8 Å². The maximum Gasteiger partial charge on any atom is 0.261 e. The minimum absolute atomic E-state index is 0.247. The highest BCUT2D eigenvalue weighted by Gasteiger charge is 2.15. The molecule has 0 atom stereocenters. The number of nitrogens with one attached hydrogen (secondary N) is 1. The third-order valence-corrected chi connectivity index (χ3v) is 5.77. The summed E-state index contributed by atoms with van der Waals surface area (Å²) in [6.07, 6.45) is 3.89. The van der Waals surface area contributed by atoms with Crippen LogP contribution in [0.1, 0.15) is 11.1 Å². The molecule has 4 rings (SSSR count). The molecule has 1 N–H and O–H groups in total. The molecular formula is C21H19N3O2S. The average molecular weight is 377 g/mol. The Bertz CT molecular complexity index is 1240. The zero-order valence-corrected chi connectivity index (χ0v) is 15.9. The van der Waals surface area contributed by atoms with Crippen molar-refractivity contribution in [2.75, 3.05) is 4.72 Å². The van der Waals surface area contributed by atoms with Crippen LogP contribution in [0.2, 0.25) is 0 Å². The minimum atomic E-state index is -3.64. The molecule has 0 aliphatic carbocycles. The van der Waals surface area contributed by atoms with Crippen molar-refractivity contribution in [3.63, 3.8) is 0 Å². The highest BCUT2D eigenvalue weighted by atomic mass is 32.2. The molecule has 136 valence electrons. The van der Waals surface area contributed by atoms with Crippen LogP contribution in [0.3, 0.4) is 0 Å². The van der Waals surface area contributed by atoms with E-state index in [1.807, 2.05) is 61.0 Å². The van der Waals surface area contributed by atoms with Crippen molar-refractivity contribution in [2.24, 2.45) is 0 Å². The molecule has 0 fully saturated rings. The number of imidazole rings is 1. The van der Waals surface area contributed by atoms with Gasteiger partial charge in [0.2, 0.25) is 0 Å². The number of sulfonamides is 1. The number of aromatic nitrogens is 2. The molecular weight excluding hydrogens is 358 g/mol. The standard InChI is InChI=1S/C21H19N3O2S/c1-15-6-3-10-19(12-15)27(25,26)23-18-9-4-8-17(13-18)20-14-24-11-5-7-16(2)21(24)22-20/h3-14,23H,1-2H3. The molecule has 2 heterocycles. The molecule has 27 heavy (non-hydrogen) atoms. The van der Waals surface area contributed by atoms with Crippen molar-refractivity contribution >= 4 is 21.4 Å². The van der Waals surface area contributed by atoms with E-state index in [1.165, 1.54) is 0 Å². The normalized spacial score (nSPS) is 11.6. The van der Waals surface area contributed by atoms with Gasteiger partial charge in [0.25, 0.3) is 10.0 Å². The van der Waals surface area contributed by atoms with Gasteiger partial charge in [-0.15, -0.1) is 0 Å². The molecule has 0 amide bonds. The summed E-state index contributed by atoms with van der Waals surface area (Å²) in [5, 5.41) is 0. The molecule has 6 heteroatoms. The Morgan fingerprint density at radius 2 is 1.78 bits per heavy atom. The average Bonchev–Trinajstić information content (AvgIpc) is 3.07. The summed E-state index contributed by atoms with van der Waals surface area (Å²) < 4.78 is 29.9. The molecule has 0 aliphatic heterocycles. The minimum Gasteiger partial charge on any atom is -0.306 e. The van der Waals surface area contributed by atoms with E-state index in [2.05, 4.69) is 9.71 Å². The summed E-state index contributed by atoms with van der Waals surface area (Å²) in [6, 6.07) is 18.1. The molecule has 0 bridgehead atoms. The summed E-state index contributed by atoms with van der Waals surface area (Å²) in [5.74, 6) is 0. The quantitative estimate of drug-likeness (QED) is 0.573. The first-order valence-corrected chi connectivity index (χ1v) is 10.0. The predicted octanol–water partition coefficient (Wildman–Crippen LogP) is 4.42. The van der Waals surface area contributed by atoms with E-state index < -0.39 is 10.0 Å². The Hall–Kier alpha value is -3.12. The van der Waals surface area contributed by atoms with E-state index in [1.54, 1.807) is 30.3 Å². The van der Waals surface area contributed by atoms with Gasteiger partial charge in [0.1, 0.15) is 5.65 Å². The van der Waals surface area contributed by atoms with Gasteiger partial charge in [-0.2, -0.15) is 0 Å². The molecule has 0 saturated heterocycles. The second kappa shape index (κ2) is 6.55. The highest BCUT2D eigenvalue weighted by Crippen LogP contribution is 2.25. The lowest BCUT2D eigenvalue weighted by Crippen LogP contribution is -2.13. The Morgan fingerprint density at radius 3 is 2.56 bits per heavy atom. The zero-order chi connectivity index (χ0) is 19.0. The summed E-state index contributed by atoms with van der Waals surface area (Å²) in [7, 11) is -3.64. The predicted molar refractivity (Wildman–Crippen MR) is 107 cm³/mol. The fourth-order valence-electron chi connectivity index (χ4n) is 3.03. The molecule has 0 radical (unpaired) electrons. The van der Waals surface area contributed by atoms with Gasteiger partial charge < -0.3 is 4.40 Å². The van der Waals surface area contributed by atoms with E-state index in [9.17, 15) is 8.42 Å². The molecule has 2 aromatic carbocycles. The molecule has 0 unspecified atom stereocenters. The van der Waals surface area contributed by atoms with Crippen LogP contribution >= 0.6 is 0 Å². The monoisotopic (exact) mass is 377 g/mol. The van der Waals surface area contributed by atoms with Gasteiger partial charge in [-0.25, -0.2) is 13.4 Å². The first-order chi connectivity index (χ1) is 12.9. The van der Waals surface area contributed by atoms with E-state index in [4.69, 9.17) is 0 Å². The van der Waals surface area contributed by atoms with Gasteiger partial charge in [-0.1, -0.05) is 30.3 Å². The van der Waals surface area contributed by atoms with Gasteiger partial charge >= 0.3 is 0 Å². The Balaban J connectivity index is 1.69. The third kappa shape index (κ3) is 3.44. The van der Waals surface area contributed by atoms with E-state index in [-0.39, 0.29) is 4.90 Å². The number of pyridine rings is 1. The maximum atomic E-state index is 12.7. The number of nitrogens with zero attached hydrogens (tertiary/aromatic N) is 2. The maximum absolute atomic E-state index is 12.7. The van der Waals surface area contributed by atoms with Crippen molar-refractivity contribution in [3.05, 3.63) is 84.2 Å². The molecule has 5 nitrogen and oxygen atoms in total. The number of aryl methyl sites for hydroxylation is 2. The highest BCUT2D eigenvalue weighted by molar-refractivity contribution is 7.92. The number of rotatable bonds is 4. The van der Waals surface area contributed by atoms with Crippen LogP contribution in [0.15, 0.2) is 78.0 Å².